The molecule has 12 heteroatoms. The van der Waals surface area contributed by atoms with Gasteiger partial charge >= 0.3 is 0 Å². The van der Waals surface area contributed by atoms with Gasteiger partial charge in [-0.25, -0.2) is 13.4 Å². The van der Waals surface area contributed by atoms with Gasteiger partial charge in [0.15, 0.2) is 0 Å². The summed E-state index contributed by atoms with van der Waals surface area (Å²) in [7, 11) is -3.66. The summed E-state index contributed by atoms with van der Waals surface area (Å²) in [4.78, 5) is 11.8. The maximum Gasteiger partial charge on any atom is 0.250 e. The van der Waals surface area contributed by atoms with Crippen molar-refractivity contribution in [2.24, 2.45) is 5.41 Å². The summed E-state index contributed by atoms with van der Waals surface area (Å²) >= 11 is 0. The van der Waals surface area contributed by atoms with Gasteiger partial charge in [-0.1, -0.05) is 6.92 Å². The number of anilines is 3. The van der Waals surface area contributed by atoms with Crippen molar-refractivity contribution in [1.82, 2.24) is 20.1 Å². The molecule has 0 aliphatic carbocycles. The molecule has 8 rings (SSSR count). The molecular formula is C28H37N7O4S. The number of hydrogen-bond acceptors (Lipinski definition) is 10. The van der Waals surface area contributed by atoms with E-state index < -0.39 is 16.6 Å². The maximum atomic E-state index is 12.4. The minimum absolute atomic E-state index is 0.346. The predicted octanol–water partition coefficient (Wildman–Crippen LogP) is 3.05. The molecule has 3 aromatic rings. The molecule has 2 fully saturated rings. The van der Waals surface area contributed by atoms with Crippen LogP contribution in [-0.2, 0) is 10.0 Å². The van der Waals surface area contributed by atoms with Crippen LogP contribution in [0, 0.1) is 5.41 Å². The highest BCUT2D eigenvalue weighted by Crippen LogP contribution is 2.38. The van der Waals surface area contributed by atoms with Gasteiger partial charge in [-0.15, -0.1) is 10.2 Å². The van der Waals surface area contributed by atoms with Crippen molar-refractivity contribution >= 4 is 27.2 Å². The van der Waals surface area contributed by atoms with Gasteiger partial charge in [-0.3, -0.25) is 9.62 Å². The third-order valence-corrected chi connectivity index (χ3v) is 9.81. The van der Waals surface area contributed by atoms with Gasteiger partial charge in [0.1, 0.15) is 5.82 Å². The third kappa shape index (κ3) is 5.79. The summed E-state index contributed by atoms with van der Waals surface area (Å²) in [6, 6.07) is 9.24. The molecule has 0 radical (unpaired) electrons. The van der Waals surface area contributed by atoms with Crippen LogP contribution in [0.15, 0.2) is 40.9 Å². The quantitative estimate of drug-likeness (QED) is 0.485. The first-order chi connectivity index (χ1) is 19.3. The monoisotopic (exact) mass is 567 g/mol. The van der Waals surface area contributed by atoms with Crippen LogP contribution in [-0.4, -0.2) is 91.8 Å². The van der Waals surface area contributed by atoms with E-state index in [0.717, 1.165) is 81.3 Å². The van der Waals surface area contributed by atoms with Crippen LogP contribution in [0.25, 0.3) is 22.9 Å². The molecule has 0 amide bonds. The molecule has 5 aliphatic rings. The number of pyridine rings is 1. The number of fused-ring (bicyclic) bond motifs is 2. The summed E-state index contributed by atoms with van der Waals surface area (Å²) in [6.07, 6.45) is 6.50. The average Bonchev–Trinajstić information content (AvgIpc) is 3.43. The fourth-order valence-electron chi connectivity index (χ4n) is 6.03. The minimum atomic E-state index is -3.66. The van der Waals surface area contributed by atoms with E-state index in [-0.39, 0.29) is 5.75 Å². The number of nitrogens with one attached hydrogen (secondary N) is 1. The molecule has 2 saturated heterocycles. The Balaban J connectivity index is 1.37. The van der Waals surface area contributed by atoms with Crippen LogP contribution in [0.4, 0.5) is 17.2 Å². The van der Waals surface area contributed by atoms with Crippen molar-refractivity contribution in [3.8, 4) is 22.9 Å². The van der Waals surface area contributed by atoms with E-state index in [1.807, 2.05) is 24.3 Å². The number of aliphatic hydroxyl groups is 1. The van der Waals surface area contributed by atoms with Crippen LogP contribution in [0.3, 0.4) is 0 Å². The fourth-order valence-corrected chi connectivity index (χ4v) is 6.86. The number of aromatic nitrogens is 3. The highest BCUT2D eigenvalue weighted by Gasteiger charge is 2.31. The molecule has 2 aromatic heterocycles. The van der Waals surface area contributed by atoms with Gasteiger partial charge in [-0.2, -0.15) is 0 Å². The molecule has 214 valence electrons. The Morgan fingerprint density at radius 3 is 2.50 bits per heavy atom. The van der Waals surface area contributed by atoms with E-state index in [1.54, 1.807) is 12.3 Å². The first-order valence-corrected chi connectivity index (χ1v) is 15.7. The molecule has 0 spiro atoms. The Morgan fingerprint density at radius 2 is 1.73 bits per heavy atom. The number of rotatable bonds is 4. The highest BCUT2D eigenvalue weighted by atomic mass is 32.2. The van der Waals surface area contributed by atoms with Crippen molar-refractivity contribution < 1.29 is 17.9 Å². The second kappa shape index (κ2) is 11.0. The zero-order valence-electron chi connectivity index (χ0n) is 22.9. The third-order valence-electron chi connectivity index (χ3n) is 8.54. The molecule has 40 heavy (non-hydrogen) atoms. The van der Waals surface area contributed by atoms with Gasteiger partial charge in [0, 0.05) is 51.0 Å². The van der Waals surface area contributed by atoms with E-state index in [9.17, 15) is 8.42 Å². The van der Waals surface area contributed by atoms with Gasteiger partial charge < -0.3 is 19.3 Å². The van der Waals surface area contributed by atoms with E-state index >= 15 is 0 Å². The van der Waals surface area contributed by atoms with E-state index in [4.69, 9.17) is 9.52 Å². The number of piperazine rings is 1. The van der Waals surface area contributed by atoms with Gasteiger partial charge in [0.25, 0.3) is 0 Å². The summed E-state index contributed by atoms with van der Waals surface area (Å²) in [5.41, 5.74) is 3.19. The Kier molecular flexibility index (Phi) is 7.41. The maximum absolute atomic E-state index is 12.4. The molecule has 8 bridgehead atoms. The number of benzene rings is 1. The van der Waals surface area contributed by atoms with Crippen molar-refractivity contribution in [3.63, 3.8) is 0 Å². The normalized spacial score (nSPS) is 23.3. The largest absolute Gasteiger partial charge is 0.416 e. The zero-order valence-corrected chi connectivity index (χ0v) is 23.7. The number of piperidine rings is 1. The Hall–Kier alpha value is -3.22. The zero-order chi connectivity index (χ0) is 27.7. The number of hydrogen-bond donors (Lipinski definition) is 2. The molecule has 0 unspecified atom stereocenters. The number of sulfonamides is 1. The molecule has 11 nitrogen and oxygen atoms in total. The Morgan fingerprint density at radius 1 is 0.950 bits per heavy atom. The Labute approximate surface area is 235 Å². The molecule has 5 aliphatic heterocycles. The predicted molar refractivity (Wildman–Crippen MR) is 155 cm³/mol. The summed E-state index contributed by atoms with van der Waals surface area (Å²) in [5.74, 6) is 1.36. The van der Waals surface area contributed by atoms with Gasteiger partial charge in [0.2, 0.25) is 21.8 Å². The van der Waals surface area contributed by atoms with Crippen molar-refractivity contribution in [1.29, 1.82) is 0 Å². The smallest absolute Gasteiger partial charge is 0.250 e. The van der Waals surface area contributed by atoms with Crippen molar-refractivity contribution in [3.05, 3.63) is 36.5 Å². The van der Waals surface area contributed by atoms with Crippen LogP contribution in [0.1, 0.15) is 32.6 Å². The van der Waals surface area contributed by atoms with Crippen molar-refractivity contribution in [2.75, 3.05) is 72.7 Å². The summed E-state index contributed by atoms with van der Waals surface area (Å²) in [5, 5.41) is 17.9. The van der Waals surface area contributed by atoms with E-state index in [2.05, 4.69) is 41.5 Å². The summed E-state index contributed by atoms with van der Waals surface area (Å²) < 4.78 is 33.5. The first-order valence-electron chi connectivity index (χ1n) is 14.1. The lowest BCUT2D eigenvalue weighted by atomic mass is 9.76. The molecule has 2 N–H and O–H groups in total. The second-order valence-corrected chi connectivity index (χ2v) is 13.3. The number of nitrogens with zero attached hydrogens (tertiary/aromatic N) is 6. The van der Waals surface area contributed by atoms with Gasteiger partial charge in [0.05, 0.1) is 29.3 Å². The first kappa shape index (κ1) is 27.0. The van der Waals surface area contributed by atoms with E-state index in [1.165, 1.54) is 12.8 Å². The minimum Gasteiger partial charge on any atom is -0.416 e. The van der Waals surface area contributed by atoms with E-state index in [0.29, 0.717) is 22.9 Å². The molecule has 1 aromatic carbocycles. The standard InChI is InChI=1S/C28H37N7O4S/c1-28-6-2-10-33-13-15-34(16-14-33)24-20-22(32-40(37,38)18-17-36)3-4-23(24)27-31-30-26(39-27)21-5-9-29-25(19-21)35(11-7-28)12-8-28/h3-5,9,19-20,32,36H,2,6-8,10-18H2,1H3. The SMILES string of the molecule is CC12CCCN3CCN(CC3)c3cc(NS(=O)(=O)CCO)ccc3-c3nnc(o3)-c3ccnc(c3)N(CC1)CC2. The van der Waals surface area contributed by atoms with Crippen LogP contribution in [0.2, 0.25) is 0 Å². The molecule has 0 atom stereocenters. The average molecular weight is 568 g/mol. The topological polar surface area (TPSA) is 128 Å². The van der Waals surface area contributed by atoms with Gasteiger partial charge in [-0.05, 0) is 68.0 Å². The highest BCUT2D eigenvalue weighted by molar-refractivity contribution is 7.92. The second-order valence-electron chi connectivity index (χ2n) is 11.4. The van der Waals surface area contributed by atoms with Crippen LogP contribution >= 0.6 is 0 Å². The van der Waals surface area contributed by atoms with Crippen molar-refractivity contribution in [2.45, 2.75) is 32.6 Å². The summed E-state index contributed by atoms with van der Waals surface area (Å²) in [6.45, 7) is 8.50. The molecule has 0 saturated carbocycles. The Bertz CT molecular complexity index is 1440. The number of aliphatic hydroxyl groups excluding tert-OH is 1. The fraction of sp³-hybridized carbons (Fsp3) is 0.536. The molecule has 7 heterocycles. The lowest BCUT2D eigenvalue weighted by Gasteiger charge is -2.41. The van der Waals surface area contributed by atoms with Crippen LogP contribution in [0.5, 0.6) is 0 Å². The lowest BCUT2D eigenvalue weighted by molar-refractivity contribution is 0.193. The molecular weight excluding hydrogens is 530 g/mol. The lowest BCUT2D eigenvalue weighted by Crippen LogP contribution is -2.47. The van der Waals surface area contributed by atoms with Crippen LogP contribution < -0.4 is 14.5 Å².